The second-order valence-electron chi connectivity index (χ2n) is 6.09. The number of nitrogens with two attached hydrogens (primary N) is 1. The molecule has 0 spiro atoms. The molecule has 14 heteroatoms. The van der Waals surface area contributed by atoms with E-state index in [4.69, 9.17) is 15.9 Å². The predicted octanol–water partition coefficient (Wildman–Crippen LogP) is -3.04. The molecule has 0 aromatic carbocycles. The molecule has 0 radical (unpaired) electrons. The lowest BCUT2D eigenvalue weighted by Crippen LogP contribution is -2.60. The highest BCUT2D eigenvalue weighted by Crippen LogP contribution is 2.02. The average molecular weight is 455 g/mol. The maximum absolute atomic E-state index is 12.4. The molecule has 0 heterocycles. The molecule has 0 aliphatic rings. The fourth-order valence-electron chi connectivity index (χ4n) is 2.00. The summed E-state index contributed by atoms with van der Waals surface area (Å²) in [5.74, 6) is -5.51. The molecular weight excluding hydrogens is 428 g/mol. The summed E-state index contributed by atoms with van der Waals surface area (Å²) in [4.78, 5) is 58.3. The average Bonchev–Trinajstić information content (AvgIpc) is 2.65. The maximum atomic E-state index is 12.4. The number of aliphatic carboxylic acids is 2. The van der Waals surface area contributed by atoms with Gasteiger partial charge in [0.05, 0.1) is 12.1 Å². The van der Waals surface area contributed by atoms with Gasteiger partial charge in [-0.05, 0) is 13.3 Å². The van der Waals surface area contributed by atoms with Gasteiger partial charge in [0.25, 0.3) is 0 Å². The molecule has 0 fully saturated rings. The molecule has 5 atom stereocenters. The van der Waals surface area contributed by atoms with Crippen LogP contribution in [0.3, 0.4) is 0 Å². The Morgan fingerprint density at radius 2 is 1.45 bits per heavy atom. The van der Waals surface area contributed by atoms with Crippen molar-refractivity contribution in [1.82, 2.24) is 16.0 Å². The third-order valence-electron chi connectivity index (χ3n) is 3.67. The van der Waals surface area contributed by atoms with E-state index >= 15 is 0 Å². The normalized spacial score (nSPS) is 15.9. The third-order valence-corrected chi connectivity index (χ3v) is 4.43. The summed E-state index contributed by atoms with van der Waals surface area (Å²) in [6.45, 7) is 1.23. The fraction of sp³-hybridized carbons (Fsp3) is 0.667. The highest BCUT2D eigenvalue weighted by Gasteiger charge is 2.31. The largest absolute Gasteiger partial charge is 0.481 e. The van der Waals surface area contributed by atoms with Crippen molar-refractivity contribution in [2.45, 2.75) is 50.0 Å². The van der Waals surface area contributed by atoms with Crippen LogP contribution >= 0.6 is 25.3 Å². The van der Waals surface area contributed by atoms with Crippen LogP contribution in [0.5, 0.6) is 0 Å². The van der Waals surface area contributed by atoms with Gasteiger partial charge in [-0.25, -0.2) is 4.79 Å². The minimum Gasteiger partial charge on any atom is -0.481 e. The third kappa shape index (κ3) is 9.83. The Kier molecular flexibility index (Phi) is 12.3. The van der Waals surface area contributed by atoms with Crippen molar-refractivity contribution in [2.24, 2.45) is 5.73 Å². The van der Waals surface area contributed by atoms with Gasteiger partial charge < -0.3 is 37.0 Å². The van der Waals surface area contributed by atoms with Crippen molar-refractivity contribution in [1.29, 1.82) is 0 Å². The minimum atomic E-state index is -1.49. The molecule has 5 unspecified atom stereocenters. The number of amides is 3. The summed E-state index contributed by atoms with van der Waals surface area (Å²) in [6.07, 6.45) is -2.19. The summed E-state index contributed by atoms with van der Waals surface area (Å²) in [5.41, 5.74) is 5.50. The minimum absolute atomic E-state index is 0.00538. The number of thiol groups is 2. The van der Waals surface area contributed by atoms with Gasteiger partial charge in [0.15, 0.2) is 0 Å². The molecule has 0 bridgehead atoms. The molecule has 8 N–H and O–H groups in total. The first-order valence-corrected chi connectivity index (χ1v) is 9.72. The van der Waals surface area contributed by atoms with Gasteiger partial charge in [0.2, 0.25) is 17.7 Å². The van der Waals surface area contributed by atoms with Crippen LogP contribution in [0.15, 0.2) is 0 Å². The molecule has 166 valence electrons. The summed E-state index contributed by atoms with van der Waals surface area (Å²) in [6, 6.07) is -5.26. The van der Waals surface area contributed by atoms with E-state index < -0.39 is 66.4 Å². The second kappa shape index (κ2) is 13.2. The number of carbonyl (C=O) groups is 5. The summed E-state index contributed by atoms with van der Waals surface area (Å²) in [7, 11) is 0. The van der Waals surface area contributed by atoms with Gasteiger partial charge in [-0.1, -0.05) is 0 Å². The van der Waals surface area contributed by atoms with Gasteiger partial charge in [0.1, 0.15) is 18.1 Å². The molecule has 0 aromatic heterocycles. The molecule has 0 saturated heterocycles. The highest BCUT2D eigenvalue weighted by atomic mass is 32.1. The van der Waals surface area contributed by atoms with Gasteiger partial charge in [0, 0.05) is 17.9 Å². The number of aliphatic hydroxyl groups excluding tert-OH is 1. The number of hydrogen-bond acceptors (Lipinski definition) is 9. The van der Waals surface area contributed by atoms with Crippen LogP contribution in [-0.4, -0.2) is 86.8 Å². The topological polar surface area (TPSA) is 208 Å². The van der Waals surface area contributed by atoms with Gasteiger partial charge in [-0.15, -0.1) is 0 Å². The van der Waals surface area contributed by atoms with Gasteiger partial charge in [-0.3, -0.25) is 19.2 Å². The zero-order chi connectivity index (χ0) is 22.7. The zero-order valence-corrected chi connectivity index (χ0v) is 17.4. The summed E-state index contributed by atoms with van der Waals surface area (Å²) < 4.78 is 0. The van der Waals surface area contributed by atoms with Gasteiger partial charge >= 0.3 is 11.9 Å². The SMILES string of the molecule is CC(O)C(NC(=O)C(N)CS)C(=O)NC(CS)C(=O)NC(CCC(=O)O)C(=O)O. The van der Waals surface area contributed by atoms with Crippen LogP contribution < -0.4 is 21.7 Å². The number of rotatable bonds is 13. The smallest absolute Gasteiger partial charge is 0.326 e. The summed E-state index contributed by atoms with van der Waals surface area (Å²) in [5, 5.41) is 34.1. The van der Waals surface area contributed by atoms with Crippen LogP contribution in [0.4, 0.5) is 0 Å². The monoisotopic (exact) mass is 454 g/mol. The van der Waals surface area contributed by atoms with Crippen LogP contribution in [0, 0.1) is 0 Å². The molecule has 0 aliphatic carbocycles. The maximum Gasteiger partial charge on any atom is 0.326 e. The number of nitrogens with one attached hydrogen (secondary N) is 3. The lowest BCUT2D eigenvalue weighted by atomic mass is 10.1. The van der Waals surface area contributed by atoms with Gasteiger partial charge in [-0.2, -0.15) is 25.3 Å². The van der Waals surface area contributed by atoms with E-state index in [0.29, 0.717) is 0 Å². The van der Waals surface area contributed by atoms with Crippen molar-refractivity contribution in [3.63, 3.8) is 0 Å². The second-order valence-corrected chi connectivity index (χ2v) is 6.82. The molecule has 0 aliphatic heterocycles. The van der Waals surface area contributed by atoms with E-state index in [9.17, 15) is 29.1 Å². The van der Waals surface area contributed by atoms with Crippen LogP contribution in [0.25, 0.3) is 0 Å². The van der Waals surface area contributed by atoms with Crippen LogP contribution in [0.1, 0.15) is 19.8 Å². The van der Waals surface area contributed by atoms with Crippen molar-refractivity contribution < 1.29 is 39.3 Å². The Balaban J connectivity index is 5.12. The number of carbonyl (C=O) groups excluding carboxylic acids is 3. The van der Waals surface area contributed by atoms with Crippen molar-refractivity contribution in [3.05, 3.63) is 0 Å². The van der Waals surface area contributed by atoms with E-state index in [0.717, 1.165) is 0 Å². The number of carboxylic acids is 2. The van der Waals surface area contributed by atoms with Crippen LogP contribution in [0.2, 0.25) is 0 Å². The number of aliphatic hydroxyl groups is 1. The van der Waals surface area contributed by atoms with E-state index in [2.05, 4.69) is 41.2 Å². The zero-order valence-electron chi connectivity index (χ0n) is 15.6. The Morgan fingerprint density at radius 1 is 0.897 bits per heavy atom. The Hall–Kier alpha value is -2.03. The van der Waals surface area contributed by atoms with Crippen LogP contribution in [-0.2, 0) is 24.0 Å². The lowest BCUT2D eigenvalue weighted by molar-refractivity contribution is -0.143. The molecule has 0 saturated carbocycles. The quantitative estimate of drug-likeness (QED) is 0.129. The Labute approximate surface area is 177 Å². The number of carboxylic acid groups (broad SMARTS) is 2. The molecule has 0 aromatic rings. The Morgan fingerprint density at radius 3 is 1.86 bits per heavy atom. The number of hydrogen-bond donors (Lipinski definition) is 9. The molecule has 12 nitrogen and oxygen atoms in total. The van der Waals surface area contributed by atoms with E-state index in [1.807, 2.05) is 0 Å². The van der Waals surface area contributed by atoms with Crippen molar-refractivity contribution in [2.75, 3.05) is 11.5 Å². The first-order chi connectivity index (χ1) is 13.4. The molecule has 29 heavy (non-hydrogen) atoms. The molecule has 3 amide bonds. The Bertz CT molecular complexity index is 619. The van der Waals surface area contributed by atoms with E-state index in [1.165, 1.54) is 6.92 Å². The first kappa shape index (κ1) is 27.0. The standard InChI is InChI=1S/C15H26N4O8S2/c1-6(20)11(19-12(23)7(16)4-28)14(25)18-9(5-29)13(24)17-8(15(26)27)2-3-10(21)22/h6-9,11,20,28-29H,2-5,16H2,1H3,(H,17,24)(H,18,25)(H,19,23)(H,21,22)(H,26,27). The predicted molar refractivity (Wildman–Crippen MR) is 108 cm³/mol. The first-order valence-electron chi connectivity index (χ1n) is 8.45. The van der Waals surface area contributed by atoms with E-state index in [1.54, 1.807) is 0 Å². The van der Waals surface area contributed by atoms with E-state index in [-0.39, 0.29) is 17.9 Å². The van der Waals surface area contributed by atoms with Crippen molar-refractivity contribution in [3.8, 4) is 0 Å². The van der Waals surface area contributed by atoms with Crippen molar-refractivity contribution >= 4 is 54.9 Å². The summed E-state index contributed by atoms with van der Waals surface area (Å²) >= 11 is 7.79. The lowest BCUT2D eigenvalue weighted by Gasteiger charge is -2.25. The molecular formula is C15H26N4O8S2. The highest BCUT2D eigenvalue weighted by molar-refractivity contribution is 7.80. The fourth-order valence-corrected chi connectivity index (χ4v) is 2.42. The molecule has 0 rings (SSSR count).